The maximum absolute atomic E-state index is 12.1. The summed E-state index contributed by atoms with van der Waals surface area (Å²) in [6.07, 6.45) is 1.86. The van der Waals surface area contributed by atoms with Crippen molar-refractivity contribution in [1.29, 1.82) is 0 Å². The van der Waals surface area contributed by atoms with Gasteiger partial charge in [-0.3, -0.25) is 4.99 Å². The molecule has 0 heterocycles. The Kier molecular flexibility index (Phi) is 5.48. The van der Waals surface area contributed by atoms with Crippen molar-refractivity contribution >= 4 is 23.0 Å². The summed E-state index contributed by atoms with van der Waals surface area (Å²) in [7, 11) is 0. The Morgan fingerprint density at radius 3 is 2.31 bits per heavy atom. The van der Waals surface area contributed by atoms with Crippen LogP contribution >= 0.6 is 0 Å². The molecule has 0 spiro atoms. The van der Waals surface area contributed by atoms with Crippen LogP contribution in [-0.2, 0) is 0 Å². The number of hydrogen-bond donors (Lipinski definition) is 0. The van der Waals surface area contributed by atoms with Gasteiger partial charge in [0.25, 0.3) is 0 Å². The highest BCUT2D eigenvalue weighted by Crippen LogP contribution is 2.26. The third kappa shape index (κ3) is 4.41. The van der Waals surface area contributed by atoms with Crippen molar-refractivity contribution in [2.45, 2.75) is 13.0 Å². The minimum absolute atomic E-state index is 0.0386. The number of nitrogens with zero attached hydrogens (tertiary/aromatic N) is 1. The zero-order valence-electron chi connectivity index (χ0n) is 16.2. The maximum atomic E-state index is 12.1. The first-order chi connectivity index (χ1) is 14.2. The number of rotatable bonds is 5. The van der Waals surface area contributed by atoms with Crippen LogP contribution in [0.1, 0.15) is 34.5 Å². The molecule has 0 saturated carbocycles. The van der Waals surface area contributed by atoms with Crippen molar-refractivity contribution in [3.8, 4) is 5.75 Å². The summed E-state index contributed by atoms with van der Waals surface area (Å²) in [5.41, 5.74) is 2.69. The van der Waals surface area contributed by atoms with Gasteiger partial charge in [0.15, 0.2) is 0 Å². The number of carbonyl (C=O) groups excluding carboxylic acids is 1. The average molecular weight is 379 g/mol. The van der Waals surface area contributed by atoms with Gasteiger partial charge in [0.05, 0.1) is 11.6 Å². The van der Waals surface area contributed by atoms with E-state index in [2.05, 4.69) is 43.3 Å². The van der Waals surface area contributed by atoms with Gasteiger partial charge in [-0.2, -0.15) is 0 Å². The third-order valence-electron chi connectivity index (χ3n) is 4.82. The lowest BCUT2D eigenvalue weighted by molar-refractivity contribution is 0.0735. The second kappa shape index (κ2) is 8.53. The van der Waals surface area contributed by atoms with Crippen LogP contribution in [0.3, 0.4) is 0 Å². The molecule has 29 heavy (non-hydrogen) atoms. The number of aliphatic imine (C=N–C) groups is 1. The second-order valence-corrected chi connectivity index (χ2v) is 6.85. The zero-order valence-corrected chi connectivity index (χ0v) is 16.2. The van der Waals surface area contributed by atoms with Crippen molar-refractivity contribution < 1.29 is 9.53 Å². The minimum Gasteiger partial charge on any atom is -0.423 e. The monoisotopic (exact) mass is 379 g/mol. The number of benzene rings is 4. The van der Waals surface area contributed by atoms with E-state index in [0.29, 0.717) is 11.3 Å². The van der Waals surface area contributed by atoms with Gasteiger partial charge in [0.1, 0.15) is 5.75 Å². The van der Waals surface area contributed by atoms with Crippen LogP contribution in [0.5, 0.6) is 5.75 Å². The number of ether oxygens (including phenoxy) is 1. The second-order valence-electron chi connectivity index (χ2n) is 6.85. The molecule has 0 radical (unpaired) electrons. The SMILES string of the molecule is C[C@@H](N=Cc1ccc(OC(=O)c2ccccc2)cc1)c1cccc2ccccc12. The fraction of sp³-hybridized carbons (Fsp3) is 0.0769. The molecule has 0 saturated heterocycles. The summed E-state index contributed by atoms with van der Waals surface area (Å²) in [6.45, 7) is 2.09. The van der Waals surface area contributed by atoms with Crippen molar-refractivity contribution in [2.24, 2.45) is 4.99 Å². The zero-order chi connectivity index (χ0) is 20.1. The van der Waals surface area contributed by atoms with Crippen molar-refractivity contribution in [3.63, 3.8) is 0 Å². The van der Waals surface area contributed by atoms with Gasteiger partial charge in [0.2, 0.25) is 0 Å². The molecule has 4 rings (SSSR count). The van der Waals surface area contributed by atoms with E-state index in [9.17, 15) is 4.79 Å². The lowest BCUT2D eigenvalue weighted by atomic mass is 10.00. The smallest absolute Gasteiger partial charge is 0.343 e. The van der Waals surface area contributed by atoms with Crippen LogP contribution < -0.4 is 4.74 Å². The Hall–Kier alpha value is -3.72. The van der Waals surface area contributed by atoms with Gasteiger partial charge < -0.3 is 4.74 Å². The van der Waals surface area contributed by atoms with E-state index in [1.54, 1.807) is 24.3 Å². The van der Waals surface area contributed by atoms with Gasteiger partial charge in [-0.05, 0) is 65.2 Å². The molecule has 0 N–H and O–H groups in total. The Morgan fingerprint density at radius 1 is 0.828 bits per heavy atom. The predicted octanol–water partition coefficient (Wildman–Crippen LogP) is 6.24. The van der Waals surface area contributed by atoms with Gasteiger partial charge in [0, 0.05) is 6.21 Å². The summed E-state index contributed by atoms with van der Waals surface area (Å²) in [4.78, 5) is 16.8. The molecule has 0 aliphatic carbocycles. The maximum Gasteiger partial charge on any atom is 0.343 e. The Bertz CT molecular complexity index is 1140. The molecular weight excluding hydrogens is 358 g/mol. The first-order valence-corrected chi connectivity index (χ1v) is 9.59. The minimum atomic E-state index is -0.364. The number of esters is 1. The lowest BCUT2D eigenvalue weighted by Crippen LogP contribution is -2.08. The molecule has 4 aromatic rings. The molecule has 3 heteroatoms. The summed E-state index contributed by atoms with van der Waals surface area (Å²) in [5, 5.41) is 2.44. The molecule has 3 nitrogen and oxygen atoms in total. The largest absolute Gasteiger partial charge is 0.423 e. The summed E-state index contributed by atoms with van der Waals surface area (Å²) in [5.74, 6) is 0.148. The van der Waals surface area contributed by atoms with Crippen molar-refractivity contribution in [1.82, 2.24) is 0 Å². The van der Waals surface area contributed by atoms with Crippen LogP contribution in [0.25, 0.3) is 10.8 Å². The number of hydrogen-bond acceptors (Lipinski definition) is 3. The quantitative estimate of drug-likeness (QED) is 0.234. The fourth-order valence-electron chi connectivity index (χ4n) is 3.26. The molecule has 0 aliphatic heterocycles. The number of carbonyl (C=O) groups is 1. The van der Waals surface area contributed by atoms with Crippen LogP contribution in [0.2, 0.25) is 0 Å². The molecule has 0 aliphatic rings. The molecule has 0 amide bonds. The molecule has 0 fully saturated rings. The van der Waals surface area contributed by atoms with Crippen LogP contribution in [0.4, 0.5) is 0 Å². The Balaban J connectivity index is 1.45. The highest BCUT2D eigenvalue weighted by molar-refractivity contribution is 5.91. The van der Waals surface area contributed by atoms with E-state index in [0.717, 1.165) is 5.56 Å². The topological polar surface area (TPSA) is 38.7 Å². The first kappa shape index (κ1) is 18.6. The number of fused-ring (bicyclic) bond motifs is 1. The molecular formula is C26H21NO2. The van der Waals surface area contributed by atoms with E-state index >= 15 is 0 Å². The Labute approximate surface area is 170 Å². The van der Waals surface area contributed by atoms with Crippen LogP contribution in [0, 0.1) is 0 Å². The highest BCUT2D eigenvalue weighted by atomic mass is 16.5. The molecule has 0 aromatic heterocycles. The van der Waals surface area contributed by atoms with E-state index in [1.807, 2.05) is 42.6 Å². The highest BCUT2D eigenvalue weighted by Gasteiger charge is 2.08. The molecule has 0 unspecified atom stereocenters. The van der Waals surface area contributed by atoms with Crippen molar-refractivity contribution in [3.05, 3.63) is 114 Å². The predicted molar refractivity (Wildman–Crippen MR) is 118 cm³/mol. The molecule has 0 bridgehead atoms. The summed E-state index contributed by atoms with van der Waals surface area (Å²) < 4.78 is 5.42. The molecule has 4 aromatic carbocycles. The van der Waals surface area contributed by atoms with E-state index in [1.165, 1.54) is 16.3 Å². The van der Waals surface area contributed by atoms with Crippen LogP contribution in [0.15, 0.2) is 102 Å². The fourth-order valence-corrected chi connectivity index (χ4v) is 3.26. The molecule has 142 valence electrons. The van der Waals surface area contributed by atoms with Gasteiger partial charge in [-0.15, -0.1) is 0 Å². The lowest BCUT2D eigenvalue weighted by Gasteiger charge is -2.10. The van der Waals surface area contributed by atoms with Gasteiger partial charge in [-0.1, -0.05) is 60.7 Å². The van der Waals surface area contributed by atoms with Crippen LogP contribution in [-0.4, -0.2) is 12.2 Å². The molecule has 1 atom stereocenters. The summed E-state index contributed by atoms with van der Waals surface area (Å²) >= 11 is 0. The summed E-state index contributed by atoms with van der Waals surface area (Å²) in [6, 6.07) is 31.0. The van der Waals surface area contributed by atoms with E-state index in [-0.39, 0.29) is 12.0 Å². The van der Waals surface area contributed by atoms with E-state index < -0.39 is 0 Å². The van der Waals surface area contributed by atoms with E-state index in [4.69, 9.17) is 9.73 Å². The van der Waals surface area contributed by atoms with Gasteiger partial charge >= 0.3 is 5.97 Å². The normalized spacial score (nSPS) is 12.2. The Morgan fingerprint density at radius 2 is 1.52 bits per heavy atom. The van der Waals surface area contributed by atoms with Crippen molar-refractivity contribution in [2.75, 3.05) is 0 Å². The first-order valence-electron chi connectivity index (χ1n) is 9.59. The van der Waals surface area contributed by atoms with Gasteiger partial charge in [-0.25, -0.2) is 4.79 Å². The third-order valence-corrected chi connectivity index (χ3v) is 4.82. The standard InChI is InChI=1S/C26H21NO2/c1-19(24-13-7-11-21-8-5-6-12-25(21)24)27-18-20-14-16-23(17-15-20)29-26(28)22-9-3-2-4-10-22/h2-19H,1H3/t19-/m1/s1. The average Bonchev–Trinajstić information content (AvgIpc) is 2.78.